The largest absolute Gasteiger partial charge is 0.468 e. The summed E-state index contributed by atoms with van der Waals surface area (Å²) in [5.41, 5.74) is 1.62. The van der Waals surface area contributed by atoms with Crippen LogP contribution in [0.25, 0.3) is 5.57 Å². The Morgan fingerprint density at radius 1 is 0.889 bits per heavy atom. The molecular formula is C21H14ClNO3S. The van der Waals surface area contributed by atoms with Crippen LogP contribution in [0, 0.1) is 0 Å². The Morgan fingerprint density at radius 3 is 2.30 bits per heavy atom. The number of imide groups is 1. The monoisotopic (exact) mass is 395 g/mol. The van der Waals surface area contributed by atoms with Gasteiger partial charge < -0.3 is 4.42 Å². The number of amides is 2. The number of rotatable bonds is 5. The van der Waals surface area contributed by atoms with Gasteiger partial charge in [0.25, 0.3) is 11.8 Å². The van der Waals surface area contributed by atoms with E-state index < -0.39 is 0 Å². The normalized spacial score (nSPS) is 14.3. The highest BCUT2D eigenvalue weighted by Gasteiger charge is 2.40. The number of hydrogen-bond acceptors (Lipinski definition) is 4. The van der Waals surface area contributed by atoms with E-state index in [0.29, 0.717) is 32.5 Å². The summed E-state index contributed by atoms with van der Waals surface area (Å²) in [6.45, 7) is 0. The van der Waals surface area contributed by atoms with Crippen LogP contribution in [-0.4, -0.2) is 11.8 Å². The highest BCUT2D eigenvalue weighted by atomic mass is 35.5. The Balaban J connectivity index is 1.74. The van der Waals surface area contributed by atoms with E-state index in [-0.39, 0.29) is 11.8 Å². The van der Waals surface area contributed by atoms with Crippen molar-refractivity contribution in [2.75, 3.05) is 4.90 Å². The summed E-state index contributed by atoms with van der Waals surface area (Å²) in [5, 5.41) is 0.543. The first-order chi connectivity index (χ1) is 13.1. The van der Waals surface area contributed by atoms with Crippen molar-refractivity contribution in [1.29, 1.82) is 0 Å². The molecule has 0 saturated carbocycles. The van der Waals surface area contributed by atoms with Gasteiger partial charge in [-0.1, -0.05) is 41.9 Å². The van der Waals surface area contributed by atoms with E-state index in [2.05, 4.69) is 0 Å². The zero-order valence-electron chi connectivity index (χ0n) is 14.1. The molecule has 0 N–H and O–H groups in total. The van der Waals surface area contributed by atoms with Crippen LogP contribution in [-0.2, 0) is 15.3 Å². The number of thioether (sulfide) groups is 1. The molecular weight excluding hydrogens is 382 g/mol. The van der Waals surface area contributed by atoms with Crippen molar-refractivity contribution in [3.05, 3.63) is 94.2 Å². The van der Waals surface area contributed by atoms with Crippen LogP contribution in [0.4, 0.5) is 5.69 Å². The molecule has 0 spiro atoms. The standard InChI is InChI=1S/C21H14ClNO3S/c22-15-8-10-16(11-9-15)23-20(24)18(14-5-2-1-3-6-14)19(21(23)25)27-13-17-7-4-12-26-17/h1-12H,13H2. The molecule has 2 heterocycles. The number of benzene rings is 2. The van der Waals surface area contributed by atoms with E-state index in [1.54, 1.807) is 36.6 Å². The van der Waals surface area contributed by atoms with Gasteiger partial charge in [0, 0.05) is 5.02 Å². The molecule has 3 aromatic rings. The Bertz CT molecular complexity index is 1010. The molecule has 0 saturated heterocycles. The third-order valence-corrected chi connectivity index (χ3v) is 5.48. The summed E-state index contributed by atoms with van der Waals surface area (Å²) in [5.74, 6) is 0.532. The Hall–Kier alpha value is -2.76. The molecule has 134 valence electrons. The zero-order valence-corrected chi connectivity index (χ0v) is 15.7. The smallest absolute Gasteiger partial charge is 0.272 e. The Morgan fingerprint density at radius 2 is 1.63 bits per heavy atom. The second-order valence-corrected chi connectivity index (χ2v) is 7.28. The third kappa shape index (κ3) is 3.44. The van der Waals surface area contributed by atoms with Crippen LogP contribution >= 0.6 is 23.4 Å². The van der Waals surface area contributed by atoms with Crippen LogP contribution in [0.5, 0.6) is 0 Å². The van der Waals surface area contributed by atoms with Crippen LogP contribution in [0.1, 0.15) is 11.3 Å². The topological polar surface area (TPSA) is 50.5 Å². The van der Waals surface area contributed by atoms with Gasteiger partial charge in [0.2, 0.25) is 0 Å². The number of halogens is 1. The van der Waals surface area contributed by atoms with Crippen LogP contribution < -0.4 is 4.90 Å². The summed E-state index contributed by atoms with van der Waals surface area (Å²) < 4.78 is 5.35. The van der Waals surface area contributed by atoms with Crippen molar-refractivity contribution in [1.82, 2.24) is 0 Å². The van der Waals surface area contributed by atoms with Crippen molar-refractivity contribution in [3.63, 3.8) is 0 Å². The first-order valence-corrected chi connectivity index (χ1v) is 9.61. The molecule has 4 rings (SSSR count). The molecule has 2 amide bonds. The van der Waals surface area contributed by atoms with Crippen LogP contribution in [0.2, 0.25) is 5.02 Å². The second-order valence-electron chi connectivity index (χ2n) is 5.86. The van der Waals surface area contributed by atoms with E-state index >= 15 is 0 Å². The molecule has 0 atom stereocenters. The second kappa shape index (κ2) is 7.47. The van der Waals surface area contributed by atoms with Gasteiger partial charge in [-0.15, -0.1) is 11.8 Å². The minimum absolute atomic E-state index is 0.335. The fraction of sp³-hybridized carbons (Fsp3) is 0.0476. The maximum atomic E-state index is 13.2. The van der Waals surface area contributed by atoms with Gasteiger partial charge in [-0.05, 0) is 42.0 Å². The molecule has 1 aliphatic heterocycles. The van der Waals surface area contributed by atoms with Crippen molar-refractivity contribution < 1.29 is 14.0 Å². The fourth-order valence-electron chi connectivity index (χ4n) is 2.87. The minimum Gasteiger partial charge on any atom is -0.468 e. The zero-order chi connectivity index (χ0) is 18.8. The van der Waals surface area contributed by atoms with E-state index in [1.165, 1.54) is 16.7 Å². The molecule has 0 radical (unpaired) electrons. The maximum absolute atomic E-state index is 13.2. The van der Waals surface area contributed by atoms with Crippen molar-refractivity contribution >= 4 is 46.4 Å². The van der Waals surface area contributed by atoms with Crippen molar-refractivity contribution in [2.45, 2.75) is 5.75 Å². The lowest BCUT2D eigenvalue weighted by Crippen LogP contribution is -2.31. The number of nitrogens with zero attached hydrogens (tertiary/aromatic N) is 1. The highest BCUT2D eigenvalue weighted by Crippen LogP contribution is 2.39. The van der Waals surface area contributed by atoms with E-state index in [9.17, 15) is 9.59 Å². The number of anilines is 1. The van der Waals surface area contributed by atoms with Gasteiger partial charge in [0.1, 0.15) is 5.76 Å². The highest BCUT2D eigenvalue weighted by molar-refractivity contribution is 8.03. The molecule has 2 aromatic carbocycles. The molecule has 0 bridgehead atoms. The van der Waals surface area contributed by atoms with E-state index in [1.807, 2.05) is 36.4 Å². The van der Waals surface area contributed by atoms with Gasteiger partial charge in [-0.3, -0.25) is 9.59 Å². The average Bonchev–Trinajstić information content (AvgIpc) is 3.28. The molecule has 0 unspecified atom stereocenters. The first kappa shape index (κ1) is 17.6. The predicted molar refractivity (Wildman–Crippen MR) is 107 cm³/mol. The van der Waals surface area contributed by atoms with E-state index in [0.717, 1.165) is 5.76 Å². The molecule has 6 heteroatoms. The number of hydrogen-bond donors (Lipinski definition) is 0. The quantitative estimate of drug-likeness (QED) is 0.560. The van der Waals surface area contributed by atoms with Gasteiger partial charge >= 0.3 is 0 Å². The molecule has 4 nitrogen and oxygen atoms in total. The summed E-state index contributed by atoms with van der Waals surface area (Å²) in [7, 11) is 0. The molecule has 1 aliphatic rings. The molecule has 1 aromatic heterocycles. The lowest BCUT2D eigenvalue weighted by Gasteiger charge is -2.15. The minimum atomic E-state index is -0.338. The fourth-order valence-corrected chi connectivity index (χ4v) is 4.01. The third-order valence-electron chi connectivity index (χ3n) is 4.13. The van der Waals surface area contributed by atoms with Gasteiger partial charge in [0.15, 0.2) is 0 Å². The maximum Gasteiger partial charge on any atom is 0.272 e. The van der Waals surface area contributed by atoms with Gasteiger partial charge in [0.05, 0.1) is 28.2 Å². The Labute approximate surface area is 165 Å². The SMILES string of the molecule is O=C1C(SCc2ccco2)=C(c2ccccc2)C(=O)N1c1ccc(Cl)cc1. The van der Waals surface area contributed by atoms with E-state index in [4.69, 9.17) is 16.0 Å². The number of carbonyl (C=O) groups is 2. The predicted octanol–water partition coefficient (Wildman–Crippen LogP) is 5.15. The summed E-state index contributed by atoms with van der Waals surface area (Å²) in [4.78, 5) is 27.9. The average molecular weight is 396 g/mol. The Kier molecular flexibility index (Phi) is 4.88. The van der Waals surface area contributed by atoms with Gasteiger partial charge in [-0.25, -0.2) is 4.90 Å². The number of furan rings is 1. The van der Waals surface area contributed by atoms with Crippen molar-refractivity contribution in [2.24, 2.45) is 0 Å². The van der Waals surface area contributed by atoms with Gasteiger partial charge in [-0.2, -0.15) is 0 Å². The van der Waals surface area contributed by atoms with Crippen LogP contribution in [0.15, 0.2) is 82.3 Å². The summed E-state index contributed by atoms with van der Waals surface area (Å²) in [6.07, 6.45) is 1.59. The lowest BCUT2D eigenvalue weighted by atomic mass is 10.1. The number of carbonyl (C=O) groups excluding carboxylic acids is 2. The molecule has 27 heavy (non-hydrogen) atoms. The summed E-state index contributed by atoms with van der Waals surface area (Å²) in [6, 6.07) is 19.5. The van der Waals surface area contributed by atoms with Crippen molar-refractivity contribution in [3.8, 4) is 0 Å². The molecule has 0 aliphatic carbocycles. The lowest BCUT2D eigenvalue weighted by molar-refractivity contribution is -0.119. The summed E-state index contributed by atoms with van der Waals surface area (Å²) >= 11 is 7.24. The first-order valence-electron chi connectivity index (χ1n) is 8.24. The molecule has 0 fully saturated rings. The van der Waals surface area contributed by atoms with Crippen LogP contribution in [0.3, 0.4) is 0 Å².